The maximum Gasteiger partial charge on any atom is 0.225 e. The third kappa shape index (κ3) is 6.17. The van der Waals surface area contributed by atoms with Crippen molar-refractivity contribution in [2.45, 2.75) is 39.2 Å². The Balaban J connectivity index is 2.47. The fraction of sp³-hybridized carbons (Fsp3) is 0.588. The monoisotopic (exact) mass is 292 g/mol. The second-order valence-corrected chi connectivity index (χ2v) is 5.37. The molecular formula is C17H28N2O2. The number of hydrogen-bond donors (Lipinski definition) is 1. The molecule has 1 amide bonds. The SMILES string of the molecule is CCCNC(CC)c1ccc(OCCC(=O)N(C)C)cc1. The van der Waals surface area contributed by atoms with Crippen molar-refractivity contribution in [1.82, 2.24) is 10.2 Å². The summed E-state index contributed by atoms with van der Waals surface area (Å²) in [4.78, 5) is 13.0. The maximum absolute atomic E-state index is 11.5. The van der Waals surface area contributed by atoms with Gasteiger partial charge >= 0.3 is 0 Å². The fourth-order valence-corrected chi connectivity index (χ4v) is 2.09. The van der Waals surface area contributed by atoms with E-state index in [-0.39, 0.29) is 5.91 Å². The highest BCUT2D eigenvalue weighted by atomic mass is 16.5. The molecule has 0 aliphatic carbocycles. The fourth-order valence-electron chi connectivity index (χ4n) is 2.09. The molecule has 0 fully saturated rings. The Kier molecular flexibility index (Phi) is 7.83. The summed E-state index contributed by atoms with van der Waals surface area (Å²) >= 11 is 0. The van der Waals surface area contributed by atoms with Crippen LogP contribution in [0.5, 0.6) is 5.75 Å². The van der Waals surface area contributed by atoms with Gasteiger partial charge in [-0.15, -0.1) is 0 Å². The van der Waals surface area contributed by atoms with E-state index in [4.69, 9.17) is 4.74 Å². The van der Waals surface area contributed by atoms with Crippen molar-refractivity contribution in [3.63, 3.8) is 0 Å². The molecule has 0 saturated heterocycles. The lowest BCUT2D eigenvalue weighted by Crippen LogP contribution is -2.23. The first-order valence-corrected chi connectivity index (χ1v) is 7.74. The Morgan fingerprint density at radius 3 is 2.43 bits per heavy atom. The molecule has 0 aromatic heterocycles. The Morgan fingerprint density at radius 1 is 1.24 bits per heavy atom. The number of hydrogen-bond acceptors (Lipinski definition) is 3. The molecule has 0 heterocycles. The van der Waals surface area contributed by atoms with Crippen molar-refractivity contribution >= 4 is 5.91 Å². The van der Waals surface area contributed by atoms with Crippen molar-refractivity contribution in [3.05, 3.63) is 29.8 Å². The van der Waals surface area contributed by atoms with E-state index in [0.29, 0.717) is 19.1 Å². The largest absolute Gasteiger partial charge is 0.493 e. The average Bonchev–Trinajstić information content (AvgIpc) is 2.49. The zero-order valence-electron chi connectivity index (χ0n) is 13.7. The molecule has 1 unspecified atom stereocenters. The molecule has 0 aliphatic heterocycles. The molecule has 0 saturated carbocycles. The van der Waals surface area contributed by atoms with Gasteiger partial charge in [0.1, 0.15) is 5.75 Å². The number of carbonyl (C=O) groups excluding carboxylic acids is 1. The van der Waals surface area contributed by atoms with Crippen LogP contribution in [0.4, 0.5) is 0 Å². The number of nitrogens with one attached hydrogen (secondary N) is 1. The van der Waals surface area contributed by atoms with Crippen molar-refractivity contribution < 1.29 is 9.53 Å². The maximum atomic E-state index is 11.5. The second-order valence-electron chi connectivity index (χ2n) is 5.37. The molecule has 4 heteroatoms. The molecule has 1 atom stereocenters. The Morgan fingerprint density at radius 2 is 1.90 bits per heavy atom. The van der Waals surface area contributed by atoms with Crippen LogP contribution in [0.1, 0.15) is 44.7 Å². The third-order valence-corrected chi connectivity index (χ3v) is 3.41. The molecule has 1 N–H and O–H groups in total. The summed E-state index contributed by atoms with van der Waals surface area (Å²) in [6.45, 7) is 5.81. The highest BCUT2D eigenvalue weighted by Gasteiger charge is 2.08. The Hall–Kier alpha value is -1.55. The van der Waals surface area contributed by atoms with Crippen LogP contribution in [0.2, 0.25) is 0 Å². The highest BCUT2D eigenvalue weighted by Crippen LogP contribution is 2.20. The zero-order valence-corrected chi connectivity index (χ0v) is 13.7. The number of amides is 1. The molecule has 4 nitrogen and oxygen atoms in total. The molecule has 1 aromatic carbocycles. The van der Waals surface area contributed by atoms with E-state index in [2.05, 4.69) is 31.3 Å². The lowest BCUT2D eigenvalue weighted by atomic mass is 10.0. The van der Waals surface area contributed by atoms with Gasteiger partial charge in [-0.2, -0.15) is 0 Å². The molecule has 0 radical (unpaired) electrons. The van der Waals surface area contributed by atoms with Gasteiger partial charge < -0.3 is 15.0 Å². The lowest BCUT2D eigenvalue weighted by Gasteiger charge is -2.17. The normalized spacial score (nSPS) is 12.0. The number of benzene rings is 1. The zero-order chi connectivity index (χ0) is 15.7. The van der Waals surface area contributed by atoms with Crippen molar-refractivity contribution in [2.24, 2.45) is 0 Å². The minimum absolute atomic E-state index is 0.0847. The summed E-state index contributed by atoms with van der Waals surface area (Å²) in [5, 5.41) is 3.53. The molecule has 0 bridgehead atoms. The average molecular weight is 292 g/mol. The number of carbonyl (C=O) groups is 1. The molecule has 0 spiro atoms. The summed E-state index contributed by atoms with van der Waals surface area (Å²) in [5.74, 6) is 0.900. The molecule has 1 rings (SSSR count). The van der Waals surface area contributed by atoms with Crippen LogP contribution in [0.3, 0.4) is 0 Å². The highest BCUT2D eigenvalue weighted by molar-refractivity contribution is 5.75. The Bertz CT molecular complexity index is 415. The van der Waals surface area contributed by atoms with Gasteiger partial charge in [-0.25, -0.2) is 0 Å². The summed E-state index contributed by atoms with van der Waals surface area (Å²) in [6, 6.07) is 8.55. The quantitative estimate of drug-likeness (QED) is 0.761. The second kappa shape index (κ2) is 9.40. The van der Waals surface area contributed by atoms with Crippen LogP contribution in [-0.4, -0.2) is 38.1 Å². The van der Waals surface area contributed by atoms with Crippen molar-refractivity contribution in [2.75, 3.05) is 27.2 Å². The van der Waals surface area contributed by atoms with Gasteiger partial charge in [0, 0.05) is 20.1 Å². The van der Waals surface area contributed by atoms with Crippen LogP contribution in [0, 0.1) is 0 Å². The van der Waals surface area contributed by atoms with Gasteiger partial charge in [0.2, 0.25) is 5.91 Å². The van der Waals surface area contributed by atoms with Gasteiger partial charge in [-0.1, -0.05) is 26.0 Å². The lowest BCUT2D eigenvalue weighted by molar-refractivity contribution is -0.129. The number of ether oxygens (including phenoxy) is 1. The van der Waals surface area contributed by atoms with Crippen LogP contribution < -0.4 is 10.1 Å². The molecule has 1 aromatic rings. The van der Waals surface area contributed by atoms with Crippen LogP contribution >= 0.6 is 0 Å². The van der Waals surface area contributed by atoms with E-state index in [1.54, 1.807) is 19.0 Å². The molecule has 0 aliphatic rings. The predicted molar refractivity (Wildman–Crippen MR) is 86.6 cm³/mol. The van der Waals surface area contributed by atoms with Crippen molar-refractivity contribution in [1.29, 1.82) is 0 Å². The van der Waals surface area contributed by atoms with E-state index in [1.807, 2.05) is 12.1 Å². The summed E-state index contributed by atoms with van der Waals surface area (Å²) in [5.41, 5.74) is 1.28. The summed E-state index contributed by atoms with van der Waals surface area (Å²) in [7, 11) is 3.51. The van der Waals surface area contributed by atoms with Gasteiger partial charge in [0.05, 0.1) is 13.0 Å². The first-order chi connectivity index (χ1) is 10.1. The van der Waals surface area contributed by atoms with E-state index < -0.39 is 0 Å². The standard InChI is InChI=1S/C17H28N2O2/c1-5-12-18-16(6-2)14-7-9-15(10-8-14)21-13-11-17(20)19(3)4/h7-10,16,18H,5-6,11-13H2,1-4H3. The molecular weight excluding hydrogens is 264 g/mol. The van der Waals surface area contributed by atoms with Gasteiger partial charge in [0.25, 0.3) is 0 Å². The predicted octanol–water partition coefficient (Wildman–Crippen LogP) is 2.99. The van der Waals surface area contributed by atoms with Crippen LogP contribution in [0.15, 0.2) is 24.3 Å². The number of nitrogens with zero attached hydrogens (tertiary/aromatic N) is 1. The van der Waals surface area contributed by atoms with E-state index in [9.17, 15) is 4.79 Å². The summed E-state index contributed by atoms with van der Waals surface area (Å²) < 4.78 is 5.61. The van der Waals surface area contributed by atoms with Crippen LogP contribution in [0.25, 0.3) is 0 Å². The van der Waals surface area contributed by atoms with E-state index >= 15 is 0 Å². The molecule has 21 heavy (non-hydrogen) atoms. The van der Waals surface area contributed by atoms with E-state index in [1.165, 1.54) is 5.56 Å². The minimum atomic E-state index is 0.0847. The van der Waals surface area contributed by atoms with Gasteiger partial charge in [0.15, 0.2) is 0 Å². The number of rotatable bonds is 9. The van der Waals surface area contributed by atoms with Crippen LogP contribution in [-0.2, 0) is 4.79 Å². The van der Waals surface area contributed by atoms with Gasteiger partial charge in [-0.05, 0) is 37.1 Å². The topological polar surface area (TPSA) is 41.6 Å². The third-order valence-electron chi connectivity index (χ3n) is 3.41. The molecule has 118 valence electrons. The van der Waals surface area contributed by atoms with Gasteiger partial charge in [-0.3, -0.25) is 4.79 Å². The Labute approximate surface area is 128 Å². The van der Waals surface area contributed by atoms with E-state index in [0.717, 1.165) is 25.1 Å². The smallest absolute Gasteiger partial charge is 0.225 e. The van der Waals surface area contributed by atoms with Crippen molar-refractivity contribution in [3.8, 4) is 5.75 Å². The first-order valence-electron chi connectivity index (χ1n) is 7.74. The first kappa shape index (κ1) is 17.5. The minimum Gasteiger partial charge on any atom is -0.493 e. The summed E-state index contributed by atoms with van der Waals surface area (Å²) in [6.07, 6.45) is 2.61.